The molecule has 4 aromatic rings. The number of aryl methyl sites for hydroxylation is 1. The summed E-state index contributed by atoms with van der Waals surface area (Å²) in [5, 5.41) is 18.2. The molecule has 0 saturated carbocycles. The molecule has 0 bridgehead atoms. The number of carbonyl (C=O) groups excluding carboxylic acids is 2. The number of rotatable bonds is 10. The van der Waals surface area contributed by atoms with E-state index in [0.717, 1.165) is 29.2 Å². The van der Waals surface area contributed by atoms with Gasteiger partial charge in [-0.3, -0.25) is 9.59 Å². The smallest absolute Gasteiger partial charge is 0.271 e. The number of benzene rings is 4. The van der Waals surface area contributed by atoms with Crippen LogP contribution in [0.1, 0.15) is 27.9 Å². The number of aromatic hydroxyl groups is 1. The van der Waals surface area contributed by atoms with E-state index in [4.69, 9.17) is 16.3 Å². The van der Waals surface area contributed by atoms with Gasteiger partial charge < -0.3 is 15.2 Å². The Bertz CT molecular complexity index is 1420. The van der Waals surface area contributed by atoms with Crippen molar-refractivity contribution in [1.29, 1.82) is 0 Å². The number of ether oxygens (including phenoxy) is 1. The Morgan fingerprint density at radius 1 is 0.946 bits per heavy atom. The molecule has 4 rings (SSSR count). The van der Waals surface area contributed by atoms with Gasteiger partial charge in [0.05, 0.1) is 11.2 Å². The lowest BCUT2D eigenvalue weighted by molar-refractivity contribution is -0.123. The minimum atomic E-state index is -0.461. The Balaban J connectivity index is 1.33. The SMILES string of the molecule is O=C(COc1ccc(C=NNC(=O)c2ccc(O)c(Cl)c2)c2ccccc12)NCCCc1ccccc1. The molecule has 0 aliphatic carbocycles. The van der Waals surface area contributed by atoms with E-state index in [1.54, 1.807) is 6.07 Å². The van der Waals surface area contributed by atoms with Crippen molar-refractivity contribution in [2.45, 2.75) is 12.8 Å². The molecule has 0 unspecified atom stereocenters. The monoisotopic (exact) mass is 515 g/mol. The Labute approximate surface area is 219 Å². The molecule has 0 radical (unpaired) electrons. The highest BCUT2D eigenvalue weighted by molar-refractivity contribution is 6.32. The molecular weight excluding hydrogens is 490 g/mol. The van der Waals surface area contributed by atoms with Gasteiger partial charge in [0, 0.05) is 23.1 Å². The molecule has 4 aromatic carbocycles. The lowest BCUT2D eigenvalue weighted by Gasteiger charge is -2.11. The quantitative estimate of drug-likeness (QED) is 0.155. The average Bonchev–Trinajstić information content (AvgIpc) is 2.92. The number of hydrogen-bond acceptors (Lipinski definition) is 5. The highest BCUT2D eigenvalue weighted by atomic mass is 35.5. The second kappa shape index (κ2) is 12.6. The van der Waals surface area contributed by atoms with Gasteiger partial charge in [-0.2, -0.15) is 5.10 Å². The summed E-state index contributed by atoms with van der Waals surface area (Å²) < 4.78 is 5.81. The second-order valence-electron chi connectivity index (χ2n) is 8.29. The van der Waals surface area contributed by atoms with Crippen LogP contribution in [0.3, 0.4) is 0 Å². The zero-order valence-corrected chi connectivity index (χ0v) is 20.7. The number of nitrogens with one attached hydrogen (secondary N) is 2. The predicted octanol–water partition coefficient (Wildman–Crippen LogP) is 5.09. The summed E-state index contributed by atoms with van der Waals surface area (Å²) in [5.41, 5.74) is 4.73. The van der Waals surface area contributed by atoms with Gasteiger partial charge in [-0.25, -0.2) is 5.43 Å². The molecule has 0 aromatic heterocycles. The van der Waals surface area contributed by atoms with Gasteiger partial charge in [-0.05, 0) is 54.1 Å². The number of carbonyl (C=O) groups is 2. The van der Waals surface area contributed by atoms with Crippen LogP contribution in [0.4, 0.5) is 0 Å². The zero-order valence-electron chi connectivity index (χ0n) is 20.0. The van der Waals surface area contributed by atoms with E-state index in [0.29, 0.717) is 12.3 Å². The van der Waals surface area contributed by atoms with E-state index >= 15 is 0 Å². The summed E-state index contributed by atoms with van der Waals surface area (Å²) in [6, 6.07) is 25.5. The first-order chi connectivity index (χ1) is 18.0. The number of hydrogen-bond donors (Lipinski definition) is 3. The van der Waals surface area contributed by atoms with E-state index in [-0.39, 0.29) is 28.8 Å². The topological polar surface area (TPSA) is 100 Å². The molecule has 0 spiro atoms. The summed E-state index contributed by atoms with van der Waals surface area (Å²) >= 11 is 5.86. The summed E-state index contributed by atoms with van der Waals surface area (Å²) in [6.07, 6.45) is 3.29. The summed E-state index contributed by atoms with van der Waals surface area (Å²) in [6.45, 7) is 0.489. The van der Waals surface area contributed by atoms with E-state index < -0.39 is 5.91 Å². The van der Waals surface area contributed by atoms with Crippen LogP contribution in [-0.4, -0.2) is 36.3 Å². The van der Waals surface area contributed by atoms with E-state index in [1.807, 2.05) is 48.5 Å². The Morgan fingerprint density at radius 3 is 2.49 bits per heavy atom. The van der Waals surface area contributed by atoms with Gasteiger partial charge >= 0.3 is 0 Å². The predicted molar refractivity (Wildman–Crippen MR) is 145 cm³/mol. The number of nitrogens with zero attached hydrogens (tertiary/aromatic N) is 1. The number of halogens is 1. The number of phenols is 1. The van der Waals surface area contributed by atoms with E-state index in [9.17, 15) is 14.7 Å². The number of amides is 2. The largest absolute Gasteiger partial charge is 0.506 e. The molecule has 8 heteroatoms. The standard InChI is InChI=1S/C29H26ClN3O4/c30-25-17-21(12-14-26(25)34)29(36)33-32-18-22-13-15-27(24-11-5-4-10-23(22)24)37-19-28(35)31-16-6-9-20-7-2-1-3-8-20/h1-5,7-8,10-15,17-18,34H,6,9,16,19H2,(H,31,35)(H,33,36). The third kappa shape index (κ3) is 7.08. The van der Waals surface area contributed by atoms with Crippen molar-refractivity contribution in [2.24, 2.45) is 5.10 Å². The van der Waals surface area contributed by atoms with E-state index in [1.165, 1.54) is 30.0 Å². The van der Waals surface area contributed by atoms with Crippen LogP contribution in [0.5, 0.6) is 11.5 Å². The molecule has 3 N–H and O–H groups in total. The van der Waals surface area contributed by atoms with Crippen molar-refractivity contribution >= 4 is 40.4 Å². The molecule has 0 heterocycles. The van der Waals surface area contributed by atoms with Crippen molar-refractivity contribution in [1.82, 2.24) is 10.7 Å². The minimum Gasteiger partial charge on any atom is -0.506 e. The fourth-order valence-corrected chi connectivity index (χ4v) is 3.95. The van der Waals surface area contributed by atoms with E-state index in [2.05, 4.69) is 28.0 Å². The van der Waals surface area contributed by atoms with Crippen molar-refractivity contribution in [3.05, 3.63) is 107 Å². The molecular formula is C29H26ClN3O4. The van der Waals surface area contributed by atoms with Crippen LogP contribution in [-0.2, 0) is 11.2 Å². The van der Waals surface area contributed by atoms with Gasteiger partial charge in [0.25, 0.3) is 11.8 Å². The van der Waals surface area contributed by atoms with Gasteiger partial charge in [0.1, 0.15) is 11.5 Å². The molecule has 2 amide bonds. The van der Waals surface area contributed by atoms with Crippen LogP contribution in [0.25, 0.3) is 10.8 Å². The van der Waals surface area contributed by atoms with Gasteiger partial charge in [0.15, 0.2) is 6.61 Å². The molecule has 0 aliphatic rings. The zero-order chi connectivity index (χ0) is 26.0. The Morgan fingerprint density at radius 2 is 1.70 bits per heavy atom. The highest BCUT2D eigenvalue weighted by Crippen LogP contribution is 2.28. The second-order valence-corrected chi connectivity index (χ2v) is 8.70. The molecule has 0 aliphatic heterocycles. The minimum absolute atomic E-state index is 0.0825. The van der Waals surface area contributed by atoms with Crippen molar-refractivity contribution in [3.63, 3.8) is 0 Å². The van der Waals surface area contributed by atoms with Crippen LogP contribution in [0.15, 0.2) is 90.0 Å². The number of hydrazone groups is 1. The lowest BCUT2D eigenvalue weighted by Crippen LogP contribution is -2.29. The van der Waals surface area contributed by atoms with Crippen LogP contribution < -0.4 is 15.5 Å². The molecule has 7 nitrogen and oxygen atoms in total. The van der Waals surface area contributed by atoms with Crippen LogP contribution >= 0.6 is 11.6 Å². The summed E-state index contributed by atoms with van der Waals surface area (Å²) in [4.78, 5) is 24.6. The van der Waals surface area contributed by atoms with Gasteiger partial charge in [0.2, 0.25) is 0 Å². The fourth-order valence-electron chi connectivity index (χ4n) is 3.77. The third-order valence-corrected chi connectivity index (χ3v) is 5.97. The first-order valence-electron chi connectivity index (χ1n) is 11.8. The lowest BCUT2D eigenvalue weighted by atomic mass is 10.0. The normalized spacial score (nSPS) is 10.9. The first-order valence-corrected chi connectivity index (χ1v) is 12.2. The highest BCUT2D eigenvalue weighted by Gasteiger charge is 2.10. The number of fused-ring (bicyclic) bond motifs is 1. The average molecular weight is 516 g/mol. The first kappa shape index (κ1) is 25.7. The summed E-state index contributed by atoms with van der Waals surface area (Å²) in [5.74, 6) is -0.164. The van der Waals surface area contributed by atoms with Gasteiger partial charge in [-0.1, -0.05) is 66.2 Å². The Hall–Kier alpha value is -4.36. The fraction of sp³-hybridized carbons (Fsp3) is 0.138. The molecule has 188 valence electrons. The van der Waals surface area contributed by atoms with Crippen molar-refractivity contribution < 1.29 is 19.4 Å². The molecule has 0 atom stereocenters. The van der Waals surface area contributed by atoms with Crippen LogP contribution in [0, 0.1) is 0 Å². The molecule has 0 saturated heterocycles. The third-order valence-electron chi connectivity index (χ3n) is 5.66. The van der Waals surface area contributed by atoms with Crippen molar-refractivity contribution in [2.75, 3.05) is 13.2 Å². The Kier molecular flexibility index (Phi) is 8.73. The maximum absolute atomic E-state index is 12.3. The maximum Gasteiger partial charge on any atom is 0.271 e. The number of phenolic OH excluding ortho intramolecular Hbond substituents is 1. The van der Waals surface area contributed by atoms with Gasteiger partial charge in [-0.15, -0.1) is 0 Å². The maximum atomic E-state index is 12.3. The molecule has 0 fully saturated rings. The van der Waals surface area contributed by atoms with Crippen molar-refractivity contribution in [3.8, 4) is 11.5 Å². The van der Waals surface area contributed by atoms with Crippen LogP contribution in [0.2, 0.25) is 5.02 Å². The summed E-state index contributed by atoms with van der Waals surface area (Å²) in [7, 11) is 0. The molecule has 37 heavy (non-hydrogen) atoms.